The van der Waals surface area contributed by atoms with Crippen LogP contribution in [0.1, 0.15) is 37.6 Å². The van der Waals surface area contributed by atoms with Crippen LogP contribution in [0.3, 0.4) is 0 Å². The van der Waals surface area contributed by atoms with Crippen LogP contribution in [0.2, 0.25) is 0 Å². The zero-order valence-corrected chi connectivity index (χ0v) is 23.6. The Bertz CT molecular complexity index is 2270. The van der Waals surface area contributed by atoms with E-state index >= 15 is 0 Å². The van der Waals surface area contributed by atoms with Crippen molar-refractivity contribution >= 4 is 43.7 Å². The van der Waals surface area contributed by atoms with Gasteiger partial charge < -0.3 is 18.1 Å². The lowest BCUT2D eigenvalue weighted by atomic mass is 10.0. The van der Waals surface area contributed by atoms with Gasteiger partial charge in [0.25, 0.3) is 0 Å². The van der Waals surface area contributed by atoms with E-state index in [1.54, 1.807) is 0 Å². The van der Waals surface area contributed by atoms with Gasteiger partial charge in [0.15, 0.2) is 5.76 Å². The van der Waals surface area contributed by atoms with Gasteiger partial charge in [0.05, 0.1) is 28.0 Å². The molecule has 5 heteroatoms. The molecule has 1 aliphatic rings. The lowest BCUT2D eigenvalue weighted by molar-refractivity contribution is 0.421. The van der Waals surface area contributed by atoms with E-state index in [0.29, 0.717) is 5.92 Å². The van der Waals surface area contributed by atoms with Crippen molar-refractivity contribution in [2.45, 2.75) is 39.2 Å². The van der Waals surface area contributed by atoms with Gasteiger partial charge in [-0.15, -0.1) is 0 Å². The van der Waals surface area contributed by atoms with E-state index in [9.17, 15) is 0 Å². The standard InChI is InChI=1S/C37H29N3O2/c1-22(2)30-15-16-33-36-29(10-7-19-39(30)33)38-42-37(36)23-13-17-34-27(20-23)28-21-24(14-18-35(28)41-34)40-31-11-5-3-8-25(31)26-9-4-6-12-32(26)40/h3-6,8-9,11-18,20-22H,7,10,19H2,1-2H3. The molecule has 9 rings (SSSR count). The van der Waals surface area contributed by atoms with Crippen molar-refractivity contribution in [3.05, 3.63) is 108 Å². The number of benzene rings is 4. The SMILES string of the molecule is CC(C)c1ccc2n1CCCc1noc(-c3ccc4oc5ccc(-n6c7ccccc7c7ccccc76)cc5c4c3)c1-2. The molecule has 4 aromatic heterocycles. The van der Waals surface area contributed by atoms with Crippen LogP contribution < -0.4 is 0 Å². The fourth-order valence-corrected chi connectivity index (χ4v) is 7.06. The van der Waals surface area contributed by atoms with E-state index in [1.807, 2.05) is 0 Å². The highest BCUT2D eigenvalue weighted by molar-refractivity contribution is 6.11. The molecule has 5 heterocycles. The molecular weight excluding hydrogens is 518 g/mol. The minimum Gasteiger partial charge on any atom is -0.456 e. The number of fused-ring (bicyclic) bond motifs is 9. The topological polar surface area (TPSA) is 49.0 Å². The van der Waals surface area contributed by atoms with Gasteiger partial charge in [-0.05, 0) is 79.4 Å². The van der Waals surface area contributed by atoms with Crippen molar-refractivity contribution in [1.29, 1.82) is 0 Å². The molecule has 0 amide bonds. The molecule has 0 spiro atoms. The summed E-state index contributed by atoms with van der Waals surface area (Å²) in [5.41, 5.74) is 11.0. The van der Waals surface area contributed by atoms with E-state index in [4.69, 9.17) is 8.94 Å². The van der Waals surface area contributed by atoms with Crippen molar-refractivity contribution < 1.29 is 8.94 Å². The highest BCUT2D eigenvalue weighted by Gasteiger charge is 2.26. The van der Waals surface area contributed by atoms with Gasteiger partial charge in [-0.2, -0.15) is 0 Å². The third kappa shape index (κ3) is 3.28. The normalized spacial score (nSPS) is 13.4. The Morgan fingerprint density at radius 1 is 0.738 bits per heavy atom. The number of nitrogens with zero attached hydrogens (tertiary/aromatic N) is 3. The Labute approximate surface area is 242 Å². The molecule has 0 bridgehead atoms. The smallest absolute Gasteiger partial charge is 0.176 e. The summed E-state index contributed by atoms with van der Waals surface area (Å²) in [6, 6.07) is 34.6. The van der Waals surface area contributed by atoms with Crippen molar-refractivity contribution in [2.24, 2.45) is 0 Å². The Balaban J connectivity index is 1.24. The Morgan fingerprint density at radius 2 is 1.45 bits per heavy atom. The van der Waals surface area contributed by atoms with Gasteiger partial charge in [0.1, 0.15) is 11.2 Å². The number of rotatable bonds is 3. The van der Waals surface area contributed by atoms with Crippen LogP contribution in [0.5, 0.6) is 0 Å². The second kappa shape index (κ2) is 8.73. The summed E-state index contributed by atoms with van der Waals surface area (Å²) < 4.78 is 17.2. The van der Waals surface area contributed by atoms with Gasteiger partial charge in [-0.1, -0.05) is 55.4 Å². The summed E-state index contributed by atoms with van der Waals surface area (Å²) in [4.78, 5) is 0. The maximum absolute atomic E-state index is 6.33. The van der Waals surface area contributed by atoms with Crippen LogP contribution in [0, 0.1) is 0 Å². The highest BCUT2D eigenvalue weighted by Crippen LogP contribution is 2.42. The second-order valence-electron chi connectivity index (χ2n) is 11.7. The second-order valence-corrected chi connectivity index (χ2v) is 11.7. The van der Waals surface area contributed by atoms with Crippen molar-refractivity contribution in [2.75, 3.05) is 0 Å². The molecule has 204 valence electrons. The van der Waals surface area contributed by atoms with Crippen molar-refractivity contribution in [3.8, 4) is 28.3 Å². The van der Waals surface area contributed by atoms with Crippen LogP contribution in [-0.4, -0.2) is 14.3 Å². The van der Waals surface area contributed by atoms with Gasteiger partial charge in [0, 0.05) is 45.0 Å². The predicted octanol–water partition coefficient (Wildman–Crippen LogP) is 9.88. The molecule has 0 aliphatic carbocycles. The fourth-order valence-electron chi connectivity index (χ4n) is 7.06. The molecule has 0 fully saturated rings. The Morgan fingerprint density at radius 3 is 2.21 bits per heavy atom. The number of para-hydroxylation sites is 2. The van der Waals surface area contributed by atoms with Crippen LogP contribution in [0.4, 0.5) is 0 Å². The molecule has 42 heavy (non-hydrogen) atoms. The van der Waals surface area contributed by atoms with E-state index in [-0.39, 0.29) is 0 Å². The van der Waals surface area contributed by atoms with Crippen LogP contribution in [0.15, 0.2) is 106 Å². The fraction of sp³-hybridized carbons (Fsp3) is 0.162. The first-order valence-electron chi connectivity index (χ1n) is 14.8. The average molecular weight is 548 g/mol. The quantitative estimate of drug-likeness (QED) is 0.221. The molecule has 4 aromatic carbocycles. The first-order valence-corrected chi connectivity index (χ1v) is 14.8. The summed E-state index contributed by atoms with van der Waals surface area (Å²) in [5, 5.41) is 9.23. The minimum atomic E-state index is 0.459. The van der Waals surface area contributed by atoms with E-state index in [1.165, 1.54) is 33.2 Å². The number of hydrogen-bond acceptors (Lipinski definition) is 3. The molecule has 0 radical (unpaired) electrons. The third-order valence-electron chi connectivity index (χ3n) is 8.97. The lowest BCUT2D eigenvalue weighted by Gasteiger charge is -2.13. The summed E-state index contributed by atoms with van der Waals surface area (Å²) in [6.07, 6.45) is 1.97. The maximum Gasteiger partial charge on any atom is 0.176 e. The van der Waals surface area contributed by atoms with Crippen molar-refractivity contribution in [3.63, 3.8) is 0 Å². The molecule has 0 N–H and O–H groups in total. The molecular formula is C37H29N3O2. The molecule has 0 saturated carbocycles. The number of aryl methyl sites for hydroxylation is 1. The highest BCUT2D eigenvalue weighted by atomic mass is 16.5. The van der Waals surface area contributed by atoms with E-state index in [0.717, 1.165) is 69.6 Å². The zero-order valence-electron chi connectivity index (χ0n) is 23.6. The Hall–Kier alpha value is -5.03. The third-order valence-corrected chi connectivity index (χ3v) is 8.97. The zero-order chi connectivity index (χ0) is 27.9. The number of furan rings is 1. The molecule has 0 atom stereocenters. The maximum atomic E-state index is 6.33. The first-order chi connectivity index (χ1) is 20.7. The molecule has 1 aliphatic heterocycles. The lowest BCUT2D eigenvalue weighted by Crippen LogP contribution is -2.05. The Kier molecular flexibility index (Phi) is 4.92. The summed E-state index contributed by atoms with van der Waals surface area (Å²) >= 11 is 0. The van der Waals surface area contributed by atoms with E-state index < -0.39 is 0 Å². The van der Waals surface area contributed by atoms with Crippen LogP contribution in [0.25, 0.3) is 72.0 Å². The molecule has 0 saturated heterocycles. The summed E-state index contributed by atoms with van der Waals surface area (Å²) in [5.74, 6) is 1.29. The van der Waals surface area contributed by atoms with Crippen LogP contribution >= 0.6 is 0 Å². The van der Waals surface area contributed by atoms with Crippen LogP contribution in [-0.2, 0) is 13.0 Å². The molecule has 8 aromatic rings. The van der Waals surface area contributed by atoms with Crippen molar-refractivity contribution in [1.82, 2.24) is 14.3 Å². The summed E-state index contributed by atoms with van der Waals surface area (Å²) in [6.45, 7) is 5.52. The van der Waals surface area contributed by atoms with Gasteiger partial charge in [0.2, 0.25) is 0 Å². The average Bonchev–Trinajstić information content (AvgIpc) is 3.76. The summed E-state index contributed by atoms with van der Waals surface area (Å²) in [7, 11) is 0. The number of hydrogen-bond donors (Lipinski definition) is 0. The van der Waals surface area contributed by atoms with Gasteiger partial charge >= 0.3 is 0 Å². The van der Waals surface area contributed by atoms with Gasteiger partial charge in [-0.3, -0.25) is 0 Å². The number of aromatic nitrogens is 3. The first kappa shape index (κ1) is 23.7. The largest absolute Gasteiger partial charge is 0.456 e. The molecule has 5 nitrogen and oxygen atoms in total. The monoisotopic (exact) mass is 547 g/mol. The minimum absolute atomic E-state index is 0.459. The predicted molar refractivity (Wildman–Crippen MR) is 169 cm³/mol. The van der Waals surface area contributed by atoms with Gasteiger partial charge in [-0.25, -0.2) is 0 Å². The van der Waals surface area contributed by atoms with E-state index in [2.05, 4.69) is 125 Å². The molecule has 0 unspecified atom stereocenters.